The minimum absolute atomic E-state index is 0.0719. The summed E-state index contributed by atoms with van der Waals surface area (Å²) in [5, 5.41) is 13.7. The standard InChI is InChI=1S/C12H23N5O2/c1-4-6-14-8-11-15-16-12(19-11)17(7-5-2)9-10(18)13-3/h14H,4-9H2,1-3H3,(H,13,18). The highest BCUT2D eigenvalue weighted by atomic mass is 16.4. The number of nitrogens with zero attached hydrogens (tertiary/aromatic N) is 3. The van der Waals surface area contributed by atoms with Gasteiger partial charge in [-0.3, -0.25) is 4.79 Å². The van der Waals surface area contributed by atoms with E-state index in [0.29, 0.717) is 25.0 Å². The molecule has 1 rings (SSSR count). The quantitative estimate of drug-likeness (QED) is 0.636. The van der Waals surface area contributed by atoms with Crippen molar-refractivity contribution in [1.82, 2.24) is 20.8 Å². The van der Waals surface area contributed by atoms with Crippen LogP contribution in [-0.2, 0) is 11.3 Å². The third-order valence-corrected chi connectivity index (χ3v) is 2.54. The van der Waals surface area contributed by atoms with E-state index in [-0.39, 0.29) is 12.5 Å². The normalized spacial score (nSPS) is 10.5. The van der Waals surface area contributed by atoms with Gasteiger partial charge in [-0.2, -0.15) is 0 Å². The van der Waals surface area contributed by atoms with Crippen LogP contribution in [0.5, 0.6) is 0 Å². The Morgan fingerprint density at radius 2 is 2.11 bits per heavy atom. The second-order valence-corrected chi connectivity index (χ2v) is 4.25. The highest BCUT2D eigenvalue weighted by Crippen LogP contribution is 2.12. The number of carbonyl (C=O) groups is 1. The number of anilines is 1. The van der Waals surface area contributed by atoms with Crippen molar-refractivity contribution in [2.24, 2.45) is 0 Å². The first-order valence-corrected chi connectivity index (χ1v) is 6.69. The Morgan fingerprint density at radius 1 is 1.32 bits per heavy atom. The Balaban J connectivity index is 2.60. The number of nitrogens with one attached hydrogen (secondary N) is 2. The fourth-order valence-corrected chi connectivity index (χ4v) is 1.58. The van der Waals surface area contributed by atoms with Gasteiger partial charge in [-0.15, -0.1) is 5.10 Å². The van der Waals surface area contributed by atoms with Gasteiger partial charge in [-0.1, -0.05) is 18.9 Å². The highest BCUT2D eigenvalue weighted by Gasteiger charge is 2.16. The maximum Gasteiger partial charge on any atom is 0.318 e. The molecule has 0 radical (unpaired) electrons. The van der Waals surface area contributed by atoms with Crippen LogP contribution in [0, 0.1) is 0 Å². The first-order chi connectivity index (χ1) is 9.21. The molecule has 1 amide bonds. The molecule has 2 N–H and O–H groups in total. The van der Waals surface area contributed by atoms with E-state index in [1.54, 1.807) is 11.9 Å². The molecule has 1 heterocycles. The van der Waals surface area contributed by atoms with Crippen molar-refractivity contribution in [3.05, 3.63) is 5.89 Å². The van der Waals surface area contributed by atoms with E-state index in [2.05, 4.69) is 27.8 Å². The molecule has 0 aliphatic rings. The van der Waals surface area contributed by atoms with Crippen LogP contribution < -0.4 is 15.5 Å². The number of likely N-dealkylation sites (N-methyl/N-ethyl adjacent to an activating group) is 1. The molecule has 0 unspecified atom stereocenters. The second-order valence-electron chi connectivity index (χ2n) is 4.25. The molecule has 7 heteroatoms. The molecule has 108 valence electrons. The SMILES string of the molecule is CCCNCc1nnc(N(CCC)CC(=O)NC)o1. The fraction of sp³-hybridized carbons (Fsp3) is 0.750. The summed E-state index contributed by atoms with van der Waals surface area (Å²) in [6, 6.07) is 0.402. The predicted octanol–water partition coefficient (Wildman–Crippen LogP) is 0.532. The third-order valence-electron chi connectivity index (χ3n) is 2.54. The minimum atomic E-state index is -0.0719. The molecule has 0 atom stereocenters. The number of rotatable bonds is 9. The average molecular weight is 269 g/mol. The lowest BCUT2D eigenvalue weighted by molar-refractivity contribution is -0.119. The van der Waals surface area contributed by atoms with E-state index >= 15 is 0 Å². The molecule has 0 bridgehead atoms. The monoisotopic (exact) mass is 269 g/mol. The molecule has 0 aliphatic heterocycles. The van der Waals surface area contributed by atoms with Crippen LogP contribution in [0.15, 0.2) is 4.42 Å². The molecule has 0 aromatic carbocycles. The molecule has 19 heavy (non-hydrogen) atoms. The predicted molar refractivity (Wildman–Crippen MR) is 72.9 cm³/mol. The lowest BCUT2D eigenvalue weighted by atomic mass is 10.4. The maximum atomic E-state index is 11.4. The van der Waals surface area contributed by atoms with Crippen molar-refractivity contribution in [3.63, 3.8) is 0 Å². The molecular formula is C12H23N5O2. The Kier molecular flexibility index (Phi) is 6.88. The van der Waals surface area contributed by atoms with Gasteiger partial charge >= 0.3 is 6.01 Å². The molecule has 0 spiro atoms. The van der Waals surface area contributed by atoms with Crippen molar-refractivity contribution in [1.29, 1.82) is 0 Å². The molecule has 1 aromatic rings. The first kappa shape index (κ1) is 15.4. The zero-order valence-corrected chi connectivity index (χ0v) is 11.9. The van der Waals surface area contributed by atoms with E-state index in [0.717, 1.165) is 19.4 Å². The van der Waals surface area contributed by atoms with Gasteiger partial charge in [-0.05, 0) is 19.4 Å². The summed E-state index contributed by atoms with van der Waals surface area (Å²) in [7, 11) is 1.61. The molecule has 7 nitrogen and oxygen atoms in total. The largest absolute Gasteiger partial charge is 0.407 e. The van der Waals surface area contributed by atoms with Crippen LogP contribution in [0.3, 0.4) is 0 Å². The van der Waals surface area contributed by atoms with Gasteiger partial charge in [0, 0.05) is 13.6 Å². The second kappa shape index (κ2) is 8.47. The van der Waals surface area contributed by atoms with Crippen LogP contribution in [-0.4, -0.2) is 42.8 Å². The van der Waals surface area contributed by atoms with Gasteiger partial charge in [-0.25, -0.2) is 0 Å². The van der Waals surface area contributed by atoms with E-state index in [9.17, 15) is 4.79 Å². The van der Waals surface area contributed by atoms with Crippen molar-refractivity contribution < 1.29 is 9.21 Å². The van der Waals surface area contributed by atoms with Gasteiger partial charge in [0.25, 0.3) is 0 Å². The van der Waals surface area contributed by atoms with Crippen LogP contribution in [0.4, 0.5) is 6.01 Å². The van der Waals surface area contributed by atoms with Gasteiger partial charge in [0.1, 0.15) is 6.54 Å². The van der Waals surface area contributed by atoms with Gasteiger partial charge in [0.2, 0.25) is 11.8 Å². The van der Waals surface area contributed by atoms with Crippen molar-refractivity contribution in [2.75, 3.05) is 31.6 Å². The summed E-state index contributed by atoms with van der Waals surface area (Å²) < 4.78 is 5.55. The van der Waals surface area contributed by atoms with E-state index < -0.39 is 0 Å². The number of aromatic nitrogens is 2. The summed E-state index contributed by atoms with van der Waals surface area (Å²) in [5.41, 5.74) is 0. The van der Waals surface area contributed by atoms with Crippen LogP contribution >= 0.6 is 0 Å². The molecule has 0 saturated carbocycles. The molecule has 1 aromatic heterocycles. The van der Waals surface area contributed by atoms with Gasteiger partial charge in [0.05, 0.1) is 6.54 Å². The van der Waals surface area contributed by atoms with E-state index in [1.165, 1.54) is 0 Å². The number of amides is 1. The molecule has 0 saturated heterocycles. The van der Waals surface area contributed by atoms with Crippen LogP contribution in [0.25, 0.3) is 0 Å². The summed E-state index contributed by atoms with van der Waals surface area (Å²) in [4.78, 5) is 13.2. The Hall–Kier alpha value is -1.63. The summed E-state index contributed by atoms with van der Waals surface area (Å²) in [5.74, 6) is 0.471. The zero-order valence-electron chi connectivity index (χ0n) is 11.9. The first-order valence-electron chi connectivity index (χ1n) is 6.69. The third kappa shape index (κ3) is 5.25. The van der Waals surface area contributed by atoms with Crippen molar-refractivity contribution >= 4 is 11.9 Å². The number of carbonyl (C=O) groups excluding carboxylic acids is 1. The average Bonchev–Trinajstić information content (AvgIpc) is 2.87. The summed E-state index contributed by atoms with van der Waals surface area (Å²) in [6.07, 6.45) is 1.96. The Morgan fingerprint density at radius 3 is 2.74 bits per heavy atom. The highest BCUT2D eigenvalue weighted by molar-refractivity contribution is 5.80. The van der Waals surface area contributed by atoms with Crippen LogP contribution in [0.2, 0.25) is 0 Å². The zero-order chi connectivity index (χ0) is 14.1. The number of hydrogen-bond acceptors (Lipinski definition) is 6. The van der Waals surface area contributed by atoms with E-state index in [1.807, 2.05) is 6.92 Å². The molecule has 0 aliphatic carbocycles. The van der Waals surface area contributed by atoms with Gasteiger partial charge < -0.3 is 20.0 Å². The number of hydrogen-bond donors (Lipinski definition) is 2. The minimum Gasteiger partial charge on any atom is -0.407 e. The van der Waals surface area contributed by atoms with Crippen molar-refractivity contribution in [2.45, 2.75) is 33.2 Å². The summed E-state index contributed by atoms with van der Waals surface area (Å²) in [6.45, 7) is 6.54. The molecular weight excluding hydrogens is 246 g/mol. The maximum absolute atomic E-state index is 11.4. The molecule has 0 fully saturated rings. The Bertz CT molecular complexity index is 380. The lowest BCUT2D eigenvalue weighted by Crippen LogP contribution is -2.36. The topological polar surface area (TPSA) is 83.3 Å². The summed E-state index contributed by atoms with van der Waals surface area (Å²) >= 11 is 0. The smallest absolute Gasteiger partial charge is 0.318 e. The van der Waals surface area contributed by atoms with Crippen molar-refractivity contribution in [3.8, 4) is 0 Å². The lowest BCUT2D eigenvalue weighted by Gasteiger charge is -2.17. The van der Waals surface area contributed by atoms with Gasteiger partial charge in [0.15, 0.2) is 0 Å². The fourth-order valence-electron chi connectivity index (χ4n) is 1.58. The Labute approximate surface area is 113 Å². The van der Waals surface area contributed by atoms with Crippen LogP contribution in [0.1, 0.15) is 32.6 Å². The van der Waals surface area contributed by atoms with E-state index in [4.69, 9.17) is 4.42 Å².